The summed E-state index contributed by atoms with van der Waals surface area (Å²) in [6.07, 6.45) is -3.69. The predicted octanol–water partition coefficient (Wildman–Crippen LogP) is 4.59. The number of alkyl halides is 3. The molecule has 1 N–H and O–H groups in total. The molecule has 2 aromatic carbocycles. The Morgan fingerprint density at radius 3 is 2.54 bits per heavy atom. The van der Waals surface area contributed by atoms with Gasteiger partial charge in [-0.25, -0.2) is 0 Å². The van der Waals surface area contributed by atoms with Crippen molar-refractivity contribution in [2.24, 2.45) is 0 Å². The third-order valence-electron chi connectivity index (χ3n) is 3.54. The van der Waals surface area contributed by atoms with Gasteiger partial charge in [0.2, 0.25) is 0 Å². The lowest BCUT2D eigenvalue weighted by Gasteiger charge is -2.14. The summed E-state index contributed by atoms with van der Waals surface area (Å²) in [4.78, 5) is 12.0. The Hall–Kier alpha value is -2.50. The maximum absolute atomic E-state index is 12.6. The molecule has 2 aromatic rings. The zero-order valence-corrected chi connectivity index (χ0v) is 13.4. The lowest BCUT2D eigenvalue weighted by atomic mass is 10.1. The fraction of sp³-hybridized carbons (Fsp3) is 0.278. The van der Waals surface area contributed by atoms with Gasteiger partial charge in [0.15, 0.2) is 6.61 Å². The number of nitrogens with one attached hydrogen (secondary N) is 1. The van der Waals surface area contributed by atoms with E-state index < -0.39 is 17.6 Å². The smallest absolute Gasteiger partial charge is 0.416 e. The Kier molecular flexibility index (Phi) is 5.49. The summed E-state index contributed by atoms with van der Waals surface area (Å²) in [7, 11) is 0. The lowest BCUT2D eigenvalue weighted by molar-refractivity contribution is -0.137. The molecule has 3 nitrogen and oxygen atoms in total. The molecule has 2 rings (SSSR count). The quantitative estimate of drug-likeness (QED) is 0.866. The lowest BCUT2D eigenvalue weighted by Crippen LogP contribution is -2.21. The maximum Gasteiger partial charge on any atom is 0.416 e. The van der Waals surface area contributed by atoms with Crippen LogP contribution in [0.15, 0.2) is 42.5 Å². The molecular formula is C18H18F3NO2. The summed E-state index contributed by atoms with van der Waals surface area (Å²) < 4.78 is 43.1. The van der Waals surface area contributed by atoms with Crippen molar-refractivity contribution >= 4 is 11.6 Å². The molecule has 24 heavy (non-hydrogen) atoms. The van der Waals surface area contributed by atoms with Gasteiger partial charge in [0.25, 0.3) is 5.91 Å². The first-order valence-electron chi connectivity index (χ1n) is 7.49. The minimum atomic E-state index is -4.45. The number of ether oxygens (including phenoxy) is 1. The molecular weight excluding hydrogens is 319 g/mol. The van der Waals surface area contributed by atoms with Crippen molar-refractivity contribution in [3.05, 3.63) is 59.2 Å². The Morgan fingerprint density at radius 1 is 1.17 bits per heavy atom. The first-order chi connectivity index (χ1) is 11.3. The van der Waals surface area contributed by atoms with Crippen LogP contribution in [0.5, 0.6) is 5.75 Å². The van der Waals surface area contributed by atoms with E-state index in [0.717, 1.165) is 35.4 Å². The van der Waals surface area contributed by atoms with Crippen LogP contribution in [0.3, 0.4) is 0 Å². The normalized spacial score (nSPS) is 11.2. The number of rotatable bonds is 5. The molecule has 0 unspecified atom stereocenters. The molecule has 0 aliphatic rings. The van der Waals surface area contributed by atoms with Crippen LogP contribution in [0.2, 0.25) is 0 Å². The molecule has 0 fully saturated rings. The number of halogens is 3. The molecule has 0 saturated heterocycles. The highest BCUT2D eigenvalue weighted by Crippen LogP contribution is 2.31. The second-order valence-electron chi connectivity index (χ2n) is 5.33. The number of hydrogen-bond donors (Lipinski definition) is 1. The second-order valence-corrected chi connectivity index (χ2v) is 5.33. The number of amides is 1. The number of hydrogen-bond acceptors (Lipinski definition) is 2. The van der Waals surface area contributed by atoms with Gasteiger partial charge < -0.3 is 10.1 Å². The first-order valence-corrected chi connectivity index (χ1v) is 7.49. The monoisotopic (exact) mass is 337 g/mol. The van der Waals surface area contributed by atoms with Gasteiger partial charge >= 0.3 is 6.18 Å². The molecule has 0 aliphatic heterocycles. The third-order valence-corrected chi connectivity index (χ3v) is 3.54. The summed E-state index contributed by atoms with van der Waals surface area (Å²) in [5.74, 6) is -0.420. The number of para-hydroxylation sites is 1. The van der Waals surface area contributed by atoms with Crippen molar-refractivity contribution < 1.29 is 22.7 Å². The van der Waals surface area contributed by atoms with Gasteiger partial charge in [0, 0.05) is 5.69 Å². The van der Waals surface area contributed by atoms with E-state index in [0.29, 0.717) is 0 Å². The van der Waals surface area contributed by atoms with Gasteiger partial charge in [-0.2, -0.15) is 13.2 Å². The standard InChI is InChI=1S/C18H18F3NO2/c1-3-13-7-4-6-12(2)17(13)22-16(23)11-24-15-9-5-8-14(10-15)18(19,20)21/h4-10H,3,11H2,1-2H3,(H,22,23). The van der Waals surface area contributed by atoms with E-state index in [9.17, 15) is 18.0 Å². The largest absolute Gasteiger partial charge is 0.484 e. The van der Waals surface area contributed by atoms with Gasteiger partial charge in [-0.15, -0.1) is 0 Å². The van der Waals surface area contributed by atoms with Crippen molar-refractivity contribution in [3.8, 4) is 5.75 Å². The second kappa shape index (κ2) is 7.38. The van der Waals surface area contributed by atoms with Crippen LogP contribution < -0.4 is 10.1 Å². The SMILES string of the molecule is CCc1cccc(C)c1NC(=O)COc1cccc(C(F)(F)F)c1. The van der Waals surface area contributed by atoms with Gasteiger partial charge in [-0.05, 0) is 42.7 Å². The summed E-state index contributed by atoms with van der Waals surface area (Å²) in [6.45, 7) is 3.49. The average molecular weight is 337 g/mol. The fourth-order valence-electron chi connectivity index (χ4n) is 2.29. The van der Waals surface area contributed by atoms with E-state index in [4.69, 9.17) is 4.74 Å². The number of anilines is 1. The Balaban J connectivity index is 2.02. The van der Waals surface area contributed by atoms with Crippen LogP contribution in [-0.2, 0) is 17.4 Å². The van der Waals surface area contributed by atoms with Crippen molar-refractivity contribution in [1.82, 2.24) is 0 Å². The van der Waals surface area contributed by atoms with Crippen molar-refractivity contribution in [2.75, 3.05) is 11.9 Å². The fourth-order valence-corrected chi connectivity index (χ4v) is 2.29. The first kappa shape index (κ1) is 17.8. The van der Waals surface area contributed by atoms with Crippen LogP contribution in [-0.4, -0.2) is 12.5 Å². The van der Waals surface area contributed by atoms with Gasteiger partial charge in [0.1, 0.15) is 5.75 Å². The molecule has 0 aliphatic carbocycles. The molecule has 128 valence electrons. The molecule has 0 spiro atoms. The van der Waals surface area contributed by atoms with E-state index in [1.54, 1.807) is 0 Å². The average Bonchev–Trinajstić information content (AvgIpc) is 2.54. The number of aryl methyl sites for hydroxylation is 2. The molecule has 0 bridgehead atoms. The Labute approximate surface area is 138 Å². The highest BCUT2D eigenvalue weighted by molar-refractivity contribution is 5.93. The van der Waals surface area contributed by atoms with Crippen molar-refractivity contribution in [1.29, 1.82) is 0 Å². The molecule has 0 saturated carbocycles. The van der Waals surface area contributed by atoms with Gasteiger partial charge in [0.05, 0.1) is 5.56 Å². The van der Waals surface area contributed by atoms with Crippen LogP contribution in [0, 0.1) is 6.92 Å². The minimum absolute atomic E-state index is 0.000439. The van der Waals surface area contributed by atoms with Crippen LogP contribution in [0.25, 0.3) is 0 Å². The van der Waals surface area contributed by atoms with E-state index in [2.05, 4.69) is 5.32 Å². The highest BCUT2D eigenvalue weighted by atomic mass is 19.4. The Bertz CT molecular complexity index is 726. The van der Waals surface area contributed by atoms with Crippen molar-refractivity contribution in [3.63, 3.8) is 0 Å². The molecule has 0 heterocycles. The van der Waals surface area contributed by atoms with Crippen LogP contribution >= 0.6 is 0 Å². The maximum atomic E-state index is 12.6. The van der Waals surface area contributed by atoms with E-state index in [1.165, 1.54) is 12.1 Å². The van der Waals surface area contributed by atoms with E-state index in [1.807, 2.05) is 32.0 Å². The van der Waals surface area contributed by atoms with E-state index in [-0.39, 0.29) is 12.4 Å². The predicted molar refractivity (Wildman–Crippen MR) is 86.1 cm³/mol. The number of carbonyl (C=O) groups is 1. The summed E-state index contributed by atoms with van der Waals surface area (Å²) >= 11 is 0. The molecule has 0 atom stereocenters. The number of benzene rings is 2. The van der Waals surface area contributed by atoms with Crippen LogP contribution in [0.4, 0.5) is 18.9 Å². The molecule has 1 amide bonds. The van der Waals surface area contributed by atoms with Gasteiger partial charge in [-0.1, -0.05) is 31.2 Å². The molecule has 0 aromatic heterocycles. The number of carbonyl (C=O) groups excluding carboxylic acids is 1. The zero-order valence-electron chi connectivity index (χ0n) is 13.4. The topological polar surface area (TPSA) is 38.3 Å². The van der Waals surface area contributed by atoms with Gasteiger partial charge in [-0.3, -0.25) is 4.79 Å². The van der Waals surface area contributed by atoms with Crippen LogP contribution in [0.1, 0.15) is 23.6 Å². The summed E-state index contributed by atoms with van der Waals surface area (Å²) in [5.41, 5.74) is 1.81. The molecule has 0 radical (unpaired) electrons. The molecule has 6 heteroatoms. The minimum Gasteiger partial charge on any atom is -0.484 e. The van der Waals surface area contributed by atoms with E-state index >= 15 is 0 Å². The van der Waals surface area contributed by atoms with Crippen molar-refractivity contribution in [2.45, 2.75) is 26.4 Å². The Morgan fingerprint density at radius 2 is 1.88 bits per heavy atom. The summed E-state index contributed by atoms with van der Waals surface area (Å²) in [6, 6.07) is 10.1. The summed E-state index contributed by atoms with van der Waals surface area (Å²) in [5, 5.41) is 2.76. The zero-order chi connectivity index (χ0) is 17.7. The third kappa shape index (κ3) is 4.50. The highest BCUT2D eigenvalue weighted by Gasteiger charge is 2.30.